The minimum Gasteiger partial charge on any atom is -0.497 e. The number of para-hydroxylation sites is 1. The number of anilines is 2. The van der Waals surface area contributed by atoms with E-state index in [2.05, 4.69) is 20.6 Å². The number of nitrogens with zero attached hydrogens (tertiary/aromatic N) is 2. The molecule has 0 atom stereocenters. The van der Waals surface area contributed by atoms with Gasteiger partial charge in [0.05, 0.1) is 7.11 Å². The van der Waals surface area contributed by atoms with Crippen molar-refractivity contribution in [3.05, 3.63) is 77.6 Å². The Labute approximate surface area is 158 Å². The second kappa shape index (κ2) is 8.80. The summed E-state index contributed by atoms with van der Waals surface area (Å²) < 4.78 is 5.15. The number of hydrogen-bond donors (Lipinski definition) is 2. The predicted molar refractivity (Wildman–Crippen MR) is 106 cm³/mol. The van der Waals surface area contributed by atoms with E-state index >= 15 is 0 Å². The van der Waals surface area contributed by atoms with Crippen LogP contribution in [0.5, 0.6) is 5.75 Å². The van der Waals surface area contributed by atoms with E-state index in [1.165, 1.54) is 5.56 Å². The van der Waals surface area contributed by atoms with Crippen molar-refractivity contribution in [1.82, 2.24) is 9.97 Å². The smallest absolute Gasteiger partial charge is 0.274 e. The normalized spacial score (nSPS) is 10.3. The minimum absolute atomic E-state index is 0.259. The average Bonchev–Trinajstić information content (AvgIpc) is 2.70. The summed E-state index contributed by atoms with van der Waals surface area (Å²) in [4.78, 5) is 20.9. The number of ether oxygens (including phenoxy) is 1. The van der Waals surface area contributed by atoms with Crippen molar-refractivity contribution in [2.75, 3.05) is 24.3 Å². The van der Waals surface area contributed by atoms with Crippen molar-refractivity contribution in [2.45, 2.75) is 13.3 Å². The molecule has 3 aromatic rings. The Morgan fingerprint density at radius 1 is 1.07 bits per heavy atom. The third kappa shape index (κ3) is 5.04. The van der Waals surface area contributed by atoms with Gasteiger partial charge < -0.3 is 15.4 Å². The van der Waals surface area contributed by atoms with Gasteiger partial charge in [-0.05, 0) is 48.7 Å². The van der Waals surface area contributed by atoms with Gasteiger partial charge in [-0.15, -0.1) is 0 Å². The van der Waals surface area contributed by atoms with E-state index < -0.39 is 0 Å². The second-order valence-electron chi connectivity index (χ2n) is 6.06. The number of rotatable bonds is 7. The topological polar surface area (TPSA) is 76.1 Å². The van der Waals surface area contributed by atoms with Crippen LogP contribution in [0.3, 0.4) is 0 Å². The Hall–Kier alpha value is -3.41. The third-order valence-corrected chi connectivity index (χ3v) is 4.14. The summed E-state index contributed by atoms with van der Waals surface area (Å²) in [6.07, 6.45) is 2.39. The molecule has 2 N–H and O–H groups in total. The number of aryl methyl sites for hydroxylation is 1. The van der Waals surface area contributed by atoms with E-state index in [0.29, 0.717) is 18.2 Å². The Kier molecular flexibility index (Phi) is 5.99. The Morgan fingerprint density at radius 2 is 1.85 bits per heavy atom. The standard InChI is InChI=1S/C21H22N4O2/c1-15-5-3-4-6-18(15)24-20(26)19-12-14-23-21(25-19)22-13-11-16-7-9-17(27-2)10-8-16/h3-10,12,14H,11,13H2,1-2H3,(H,24,26)(H,22,23,25). The van der Waals surface area contributed by atoms with E-state index in [4.69, 9.17) is 4.74 Å². The van der Waals surface area contributed by atoms with Crippen LogP contribution in [0.4, 0.5) is 11.6 Å². The van der Waals surface area contributed by atoms with Crippen molar-refractivity contribution < 1.29 is 9.53 Å². The highest BCUT2D eigenvalue weighted by Gasteiger charge is 2.10. The van der Waals surface area contributed by atoms with Crippen molar-refractivity contribution in [2.24, 2.45) is 0 Å². The molecule has 1 amide bonds. The highest BCUT2D eigenvalue weighted by molar-refractivity contribution is 6.03. The van der Waals surface area contributed by atoms with Crippen molar-refractivity contribution in [3.8, 4) is 5.75 Å². The third-order valence-electron chi connectivity index (χ3n) is 4.14. The van der Waals surface area contributed by atoms with Gasteiger partial charge in [-0.3, -0.25) is 4.79 Å². The van der Waals surface area contributed by atoms with E-state index in [1.54, 1.807) is 19.4 Å². The number of methoxy groups -OCH3 is 1. The van der Waals surface area contributed by atoms with Gasteiger partial charge in [0.25, 0.3) is 5.91 Å². The largest absolute Gasteiger partial charge is 0.497 e. The number of amides is 1. The molecular formula is C21H22N4O2. The zero-order valence-corrected chi connectivity index (χ0v) is 15.4. The SMILES string of the molecule is COc1ccc(CCNc2nccc(C(=O)Nc3ccccc3C)n2)cc1. The molecule has 6 heteroatoms. The summed E-state index contributed by atoms with van der Waals surface area (Å²) in [7, 11) is 1.65. The van der Waals surface area contributed by atoms with Gasteiger partial charge in [0, 0.05) is 18.4 Å². The molecule has 0 saturated carbocycles. The summed E-state index contributed by atoms with van der Waals surface area (Å²) in [5.74, 6) is 1.01. The van der Waals surface area contributed by atoms with Crippen LogP contribution in [0.15, 0.2) is 60.8 Å². The van der Waals surface area contributed by atoms with Gasteiger partial charge in [-0.25, -0.2) is 9.97 Å². The first kappa shape index (κ1) is 18.4. The first-order chi connectivity index (χ1) is 13.2. The molecule has 138 valence electrons. The predicted octanol–water partition coefficient (Wildman–Crippen LogP) is 3.70. The molecule has 0 aliphatic heterocycles. The highest BCUT2D eigenvalue weighted by Crippen LogP contribution is 2.15. The van der Waals surface area contributed by atoms with Crippen LogP contribution in [-0.2, 0) is 6.42 Å². The monoisotopic (exact) mass is 362 g/mol. The molecule has 1 heterocycles. The summed E-state index contributed by atoms with van der Waals surface area (Å²) in [5.41, 5.74) is 3.27. The van der Waals surface area contributed by atoms with Crippen molar-refractivity contribution in [1.29, 1.82) is 0 Å². The summed E-state index contributed by atoms with van der Waals surface area (Å²) in [6, 6.07) is 17.1. The first-order valence-corrected chi connectivity index (χ1v) is 8.72. The number of benzene rings is 2. The Balaban J connectivity index is 1.58. The fraction of sp³-hybridized carbons (Fsp3) is 0.190. The molecule has 0 unspecified atom stereocenters. The second-order valence-corrected chi connectivity index (χ2v) is 6.06. The number of hydrogen-bond acceptors (Lipinski definition) is 5. The minimum atomic E-state index is -0.259. The maximum atomic E-state index is 12.4. The lowest BCUT2D eigenvalue weighted by molar-refractivity contribution is 0.102. The fourth-order valence-electron chi connectivity index (χ4n) is 2.58. The molecule has 0 bridgehead atoms. The van der Waals surface area contributed by atoms with Gasteiger partial charge in [0.2, 0.25) is 5.95 Å². The lowest BCUT2D eigenvalue weighted by Crippen LogP contribution is -2.16. The molecule has 3 rings (SSSR count). The number of carbonyl (C=O) groups excluding carboxylic acids is 1. The van der Waals surface area contributed by atoms with Crippen LogP contribution >= 0.6 is 0 Å². The molecule has 0 spiro atoms. The van der Waals surface area contributed by atoms with Crippen LogP contribution < -0.4 is 15.4 Å². The molecule has 1 aromatic heterocycles. The molecule has 6 nitrogen and oxygen atoms in total. The molecular weight excluding hydrogens is 340 g/mol. The average molecular weight is 362 g/mol. The zero-order valence-electron chi connectivity index (χ0n) is 15.4. The Bertz CT molecular complexity index is 910. The lowest BCUT2D eigenvalue weighted by atomic mass is 10.1. The van der Waals surface area contributed by atoms with Crippen molar-refractivity contribution >= 4 is 17.5 Å². The lowest BCUT2D eigenvalue weighted by Gasteiger charge is -2.09. The van der Waals surface area contributed by atoms with E-state index in [1.807, 2.05) is 55.5 Å². The summed E-state index contributed by atoms with van der Waals surface area (Å²) >= 11 is 0. The number of carbonyl (C=O) groups is 1. The number of nitrogens with one attached hydrogen (secondary N) is 2. The molecule has 27 heavy (non-hydrogen) atoms. The number of aromatic nitrogens is 2. The maximum Gasteiger partial charge on any atom is 0.274 e. The van der Waals surface area contributed by atoms with Crippen LogP contribution in [0.2, 0.25) is 0 Å². The van der Waals surface area contributed by atoms with Gasteiger partial charge in [-0.2, -0.15) is 0 Å². The molecule has 2 aromatic carbocycles. The first-order valence-electron chi connectivity index (χ1n) is 8.72. The Morgan fingerprint density at radius 3 is 2.59 bits per heavy atom. The van der Waals surface area contributed by atoms with E-state index in [-0.39, 0.29) is 5.91 Å². The molecule has 0 aliphatic carbocycles. The van der Waals surface area contributed by atoms with Gasteiger partial charge in [0.15, 0.2) is 0 Å². The van der Waals surface area contributed by atoms with Gasteiger partial charge >= 0.3 is 0 Å². The molecule has 0 radical (unpaired) electrons. The van der Waals surface area contributed by atoms with E-state index in [0.717, 1.165) is 23.4 Å². The zero-order chi connectivity index (χ0) is 19.1. The van der Waals surface area contributed by atoms with E-state index in [9.17, 15) is 4.79 Å². The highest BCUT2D eigenvalue weighted by atomic mass is 16.5. The molecule has 0 saturated heterocycles. The summed E-state index contributed by atoms with van der Waals surface area (Å²) in [5, 5.41) is 6.04. The van der Waals surface area contributed by atoms with Crippen LogP contribution in [0.1, 0.15) is 21.6 Å². The molecule has 0 aliphatic rings. The summed E-state index contributed by atoms with van der Waals surface area (Å²) in [6.45, 7) is 2.61. The van der Waals surface area contributed by atoms with Crippen molar-refractivity contribution in [3.63, 3.8) is 0 Å². The van der Waals surface area contributed by atoms with Crippen LogP contribution in [-0.4, -0.2) is 29.5 Å². The van der Waals surface area contributed by atoms with Gasteiger partial charge in [-0.1, -0.05) is 30.3 Å². The van der Waals surface area contributed by atoms with Crippen LogP contribution in [0.25, 0.3) is 0 Å². The quantitative estimate of drug-likeness (QED) is 0.670. The van der Waals surface area contributed by atoms with Crippen LogP contribution in [0, 0.1) is 6.92 Å². The maximum absolute atomic E-state index is 12.4. The molecule has 0 fully saturated rings. The van der Waals surface area contributed by atoms with Gasteiger partial charge in [0.1, 0.15) is 11.4 Å². The fourth-order valence-corrected chi connectivity index (χ4v) is 2.58.